The molecule has 1 N–H and O–H groups in total. The predicted octanol–water partition coefficient (Wildman–Crippen LogP) is 5.58. The van der Waals surface area contributed by atoms with Crippen molar-refractivity contribution in [1.29, 1.82) is 0 Å². The smallest absolute Gasteiger partial charge is 0.416 e. The molecule has 0 aromatic heterocycles. The van der Waals surface area contributed by atoms with Gasteiger partial charge in [0.1, 0.15) is 17.2 Å². The fraction of sp³-hybridized carbons (Fsp3) is 0.143. The molecule has 2 aromatic carbocycles. The largest absolute Gasteiger partial charge is 0.507 e. The molecular weight excluding hydrogens is 325 g/mol. The summed E-state index contributed by atoms with van der Waals surface area (Å²) in [6.07, 6.45) is -2.65. The lowest BCUT2D eigenvalue weighted by Gasteiger charge is -2.11. The molecule has 0 radical (unpaired) electrons. The van der Waals surface area contributed by atoms with Gasteiger partial charge in [0.15, 0.2) is 0 Å². The molecule has 0 atom stereocenters. The van der Waals surface area contributed by atoms with Crippen LogP contribution >= 0.6 is 23.4 Å². The quantitative estimate of drug-likeness (QED) is 0.743. The zero-order valence-electron chi connectivity index (χ0n) is 10.7. The number of thioether (sulfide) groups is 1. The van der Waals surface area contributed by atoms with E-state index in [0.29, 0.717) is 4.90 Å². The summed E-state index contributed by atoms with van der Waals surface area (Å²) in [5.74, 6) is 0.399. The van der Waals surface area contributed by atoms with Gasteiger partial charge >= 0.3 is 6.18 Å². The third-order valence-electron chi connectivity index (χ3n) is 2.64. The van der Waals surface area contributed by atoms with Crippen LogP contribution in [0.25, 0.3) is 0 Å². The van der Waals surface area contributed by atoms with Crippen LogP contribution in [-0.2, 0) is 6.18 Å². The van der Waals surface area contributed by atoms with E-state index >= 15 is 0 Å². The maximum atomic E-state index is 12.5. The van der Waals surface area contributed by atoms with Gasteiger partial charge in [0, 0.05) is 11.0 Å². The van der Waals surface area contributed by atoms with Crippen LogP contribution in [0.5, 0.6) is 17.2 Å². The van der Waals surface area contributed by atoms with Crippen LogP contribution in [0.2, 0.25) is 5.02 Å². The maximum Gasteiger partial charge on any atom is 0.416 e. The second kappa shape index (κ2) is 6.07. The van der Waals surface area contributed by atoms with E-state index in [1.807, 2.05) is 6.26 Å². The Bertz CT molecular complexity index is 659. The van der Waals surface area contributed by atoms with E-state index in [9.17, 15) is 18.3 Å². The highest BCUT2D eigenvalue weighted by Crippen LogP contribution is 2.38. The minimum Gasteiger partial charge on any atom is -0.507 e. The molecule has 0 amide bonds. The number of phenols is 1. The van der Waals surface area contributed by atoms with E-state index in [2.05, 4.69) is 0 Å². The molecule has 0 fully saturated rings. The van der Waals surface area contributed by atoms with Gasteiger partial charge in [-0.2, -0.15) is 13.2 Å². The zero-order valence-corrected chi connectivity index (χ0v) is 12.3. The fourth-order valence-electron chi connectivity index (χ4n) is 1.62. The summed E-state index contributed by atoms with van der Waals surface area (Å²) in [6.45, 7) is 0. The van der Waals surface area contributed by atoms with E-state index in [1.54, 1.807) is 12.1 Å². The van der Waals surface area contributed by atoms with Crippen LogP contribution in [0.3, 0.4) is 0 Å². The lowest BCUT2D eigenvalue weighted by atomic mass is 10.2. The molecule has 2 rings (SSSR count). The number of rotatable bonds is 3. The molecule has 2 nitrogen and oxygen atoms in total. The SMILES string of the molecule is CSc1ccc(Oc2ccc(C(F)(F)F)cc2Cl)cc1O. The first-order chi connectivity index (χ1) is 9.81. The van der Waals surface area contributed by atoms with Crippen LogP contribution in [0, 0.1) is 0 Å². The number of phenolic OH excluding ortho intramolecular Hbond substituents is 1. The standard InChI is InChI=1S/C14H10ClF3O2S/c1-21-13-5-3-9(7-11(13)19)20-12-4-2-8(6-10(12)15)14(16,17)18/h2-7,19H,1H3. The Morgan fingerprint density at radius 3 is 2.38 bits per heavy atom. The lowest BCUT2D eigenvalue weighted by molar-refractivity contribution is -0.137. The van der Waals surface area contributed by atoms with Gasteiger partial charge in [0.05, 0.1) is 10.6 Å². The highest BCUT2D eigenvalue weighted by Gasteiger charge is 2.31. The second-order valence-electron chi connectivity index (χ2n) is 4.08. The number of aromatic hydroxyl groups is 1. The number of halogens is 4. The maximum absolute atomic E-state index is 12.5. The Morgan fingerprint density at radius 1 is 1.14 bits per heavy atom. The third kappa shape index (κ3) is 3.77. The number of ether oxygens (including phenoxy) is 1. The molecule has 0 aliphatic heterocycles. The van der Waals surface area contributed by atoms with Crippen molar-refractivity contribution in [2.45, 2.75) is 11.1 Å². The summed E-state index contributed by atoms with van der Waals surface area (Å²) in [5, 5.41) is 9.55. The van der Waals surface area contributed by atoms with Gasteiger partial charge in [-0.05, 0) is 36.6 Å². The summed E-state index contributed by atoms with van der Waals surface area (Å²) >= 11 is 7.15. The monoisotopic (exact) mass is 334 g/mol. The van der Waals surface area contributed by atoms with Crippen LogP contribution in [0.4, 0.5) is 13.2 Å². The summed E-state index contributed by atoms with van der Waals surface area (Å²) < 4.78 is 43.0. The average Bonchev–Trinajstić information content (AvgIpc) is 2.40. The topological polar surface area (TPSA) is 29.5 Å². The van der Waals surface area contributed by atoms with Gasteiger partial charge in [0.25, 0.3) is 0 Å². The fourth-order valence-corrected chi connectivity index (χ4v) is 2.31. The molecule has 0 saturated carbocycles. The van der Waals surface area contributed by atoms with Crippen LogP contribution in [0.1, 0.15) is 5.56 Å². The van der Waals surface area contributed by atoms with E-state index in [-0.39, 0.29) is 22.3 Å². The second-order valence-corrected chi connectivity index (χ2v) is 5.33. The molecule has 0 saturated heterocycles. The normalized spacial score (nSPS) is 11.5. The third-order valence-corrected chi connectivity index (χ3v) is 3.72. The summed E-state index contributed by atoms with van der Waals surface area (Å²) in [7, 11) is 0. The Hall–Kier alpha value is -1.53. The molecule has 2 aromatic rings. The van der Waals surface area contributed by atoms with Gasteiger partial charge in [0.2, 0.25) is 0 Å². The van der Waals surface area contributed by atoms with Crippen LogP contribution < -0.4 is 4.74 Å². The van der Waals surface area contributed by atoms with Gasteiger partial charge in [-0.3, -0.25) is 0 Å². The molecule has 21 heavy (non-hydrogen) atoms. The van der Waals surface area contributed by atoms with E-state index < -0.39 is 11.7 Å². The highest BCUT2D eigenvalue weighted by atomic mass is 35.5. The van der Waals surface area contributed by atoms with Crippen molar-refractivity contribution in [2.24, 2.45) is 0 Å². The number of benzene rings is 2. The lowest BCUT2D eigenvalue weighted by Crippen LogP contribution is -2.04. The first-order valence-corrected chi connectivity index (χ1v) is 7.33. The molecule has 112 valence electrons. The summed E-state index contributed by atoms with van der Waals surface area (Å²) in [5.41, 5.74) is -0.847. The molecule has 0 unspecified atom stereocenters. The van der Waals surface area contributed by atoms with Crippen molar-refractivity contribution in [3.05, 3.63) is 47.0 Å². The number of alkyl halides is 3. The Labute approximate surface area is 128 Å². The molecule has 0 spiro atoms. The van der Waals surface area contributed by atoms with Gasteiger partial charge in [-0.25, -0.2) is 0 Å². The van der Waals surface area contributed by atoms with Crippen LogP contribution in [-0.4, -0.2) is 11.4 Å². The molecular formula is C14H10ClF3O2S. The summed E-state index contributed by atoms with van der Waals surface area (Å²) in [6, 6.07) is 7.45. The average molecular weight is 335 g/mol. The zero-order chi connectivity index (χ0) is 15.6. The molecule has 7 heteroatoms. The predicted molar refractivity (Wildman–Crippen MR) is 76.4 cm³/mol. The van der Waals surface area contributed by atoms with Crippen molar-refractivity contribution < 1.29 is 23.0 Å². The van der Waals surface area contributed by atoms with Crippen molar-refractivity contribution in [3.63, 3.8) is 0 Å². The van der Waals surface area contributed by atoms with E-state index in [0.717, 1.165) is 18.2 Å². The summed E-state index contributed by atoms with van der Waals surface area (Å²) in [4.78, 5) is 0.667. The molecule has 0 bridgehead atoms. The minimum atomic E-state index is -4.46. The first-order valence-electron chi connectivity index (χ1n) is 5.73. The highest BCUT2D eigenvalue weighted by molar-refractivity contribution is 7.98. The van der Waals surface area contributed by atoms with Crippen molar-refractivity contribution in [2.75, 3.05) is 6.26 Å². The Morgan fingerprint density at radius 2 is 1.86 bits per heavy atom. The Kier molecular flexibility index (Phi) is 4.58. The van der Waals surface area contributed by atoms with Crippen molar-refractivity contribution in [3.8, 4) is 17.2 Å². The van der Waals surface area contributed by atoms with E-state index in [1.165, 1.54) is 17.8 Å². The van der Waals surface area contributed by atoms with Crippen molar-refractivity contribution >= 4 is 23.4 Å². The van der Waals surface area contributed by atoms with Gasteiger partial charge < -0.3 is 9.84 Å². The van der Waals surface area contributed by atoms with Crippen LogP contribution in [0.15, 0.2) is 41.3 Å². The number of hydrogen-bond acceptors (Lipinski definition) is 3. The minimum absolute atomic E-state index is 0.0306. The molecule has 0 heterocycles. The van der Waals surface area contributed by atoms with Crippen molar-refractivity contribution in [1.82, 2.24) is 0 Å². The Balaban J connectivity index is 2.26. The van der Waals surface area contributed by atoms with E-state index in [4.69, 9.17) is 16.3 Å². The van der Waals surface area contributed by atoms with Gasteiger partial charge in [-0.1, -0.05) is 11.6 Å². The molecule has 0 aliphatic carbocycles. The number of hydrogen-bond donors (Lipinski definition) is 1. The van der Waals surface area contributed by atoms with Gasteiger partial charge in [-0.15, -0.1) is 11.8 Å². The first kappa shape index (κ1) is 15.9. The molecule has 0 aliphatic rings.